The fraction of sp³-hybridized carbons (Fsp3) is 0.571. The predicted octanol–water partition coefficient (Wildman–Crippen LogP) is 3.54. The van der Waals surface area contributed by atoms with E-state index in [1.807, 2.05) is 26.0 Å². The number of rotatable bonds is 7. The van der Waals surface area contributed by atoms with E-state index in [1.165, 1.54) is 44.3 Å². The van der Waals surface area contributed by atoms with Crippen LogP contribution in [0.2, 0.25) is 0 Å². The molecule has 1 saturated heterocycles. The van der Waals surface area contributed by atoms with Crippen molar-refractivity contribution in [2.75, 3.05) is 19.6 Å². The standard InChI is InChI=1S/C21H30N4O2/c1-16(2)21-23-19(24-27-21)11-12-22-20(26)18-9-7-17(8-10-18)15-25-13-5-3-4-6-14-25/h7-10,16H,3-6,11-15H2,1-2H3,(H,22,26). The molecule has 1 fully saturated rings. The van der Waals surface area contributed by atoms with Crippen LogP contribution in [0.5, 0.6) is 0 Å². The Hall–Kier alpha value is -2.21. The van der Waals surface area contributed by atoms with E-state index < -0.39 is 0 Å². The average molecular weight is 370 g/mol. The van der Waals surface area contributed by atoms with Crippen molar-refractivity contribution in [2.24, 2.45) is 0 Å². The number of likely N-dealkylation sites (tertiary alicyclic amines) is 1. The van der Waals surface area contributed by atoms with E-state index in [1.54, 1.807) is 0 Å². The van der Waals surface area contributed by atoms with Crippen molar-refractivity contribution in [3.63, 3.8) is 0 Å². The summed E-state index contributed by atoms with van der Waals surface area (Å²) in [7, 11) is 0. The molecule has 0 bridgehead atoms. The van der Waals surface area contributed by atoms with E-state index in [4.69, 9.17) is 4.52 Å². The summed E-state index contributed by atoms with van der Waals surface area (Å²) >= 11 is 0. The molecule has 2 aromatic rings. The van der Waals surface area contributed by atoms with Crippen molar-refractivity contribution in [3.05, 3.63) is 47.1 Å². The second-order valence-corrected chi connectivity index (χ2v) is 7.60. The summed E-state index contributed by atoms with van der Waals surface area (Å²) in [4.78, 5) is 19.1. The minimum Gasteiger partial charge on any atom is -0.352 e. The monoisotopic (exact) mass is 370 g/mol. The number of nitrogens with zero attached hydrogens (tertiary/aromatic N) is 3. The van der Waals surface area contributed by atoms with Crippen LogP contribution in [0.3, 0.4) is 0 Å². The van der Waals surface area contributed by atoms with Crippen LogP contribution < -0.4 is 5.32 Å². The molecule has 0 saturated carbocycles. The highest BCUT2D eigenvalue weighted by Gasteiger charge is 2.12. The second kappa shape index (κ2) is 9.65. The van der Waals surface area contributed by atoms with E-state index >= 15 is 0 Å². The summed E-state index contributed by atoms with van der Waals surface area (Å²) in [5.41, 5.74) is 1.95. The number of carbonyl (C=O) groups is 1. The van der Waals surface area contributed by atoms with Crippen molar-refractivity contribution in [2.45, 2.75) is 58.4 Å². The molecule has 146 valence electrons. The molecule has 0 spiro atoms. The van der Waals surface area contributed by atoms with Crippen LogP contribution in [-0.4, -0.2) is 40.6 Å². The highest BCUT2D eigenvalue weighted by atomic mass is 16.5. The van der Waals surface area contributed by atoms with Gasteiger partial charge in [-0.2, -0.15) is 4.98 Å². The van der Waals surface area contributed by atoms with Crippen LogP contribution in [0.25, 0.3) is 0 Å². The van der Waals surface area contributed by atoms with Crippen LogP contribution >= 0.6 is 0 Å². The molecule has 1 N–H and O–H groups in total. The lowest BCUT2D eigenvalue weighted by Gasteiger charge is -2.19. The van der Waals surface area contributed by atoms with Crippen molar-refractivity contribution < 1.29 is 9.32 Å². The summed E-state index contributed by atoms with van der Waals surface area (Å²) < 4.78 is 5.17. The molecule has 0 atom stereocenters. The van der Waals surface area contributed by atoms with Crippen molar-refractivity contribution in [1.29, 1.82) is 0 Å². The Labute approximate surface area is 161 Å². The predicted molar refractivity (Wildman–Crippen MR) is 105 cm³/mol. The Bertz CT molecular complexity index is 716. The lowest BCUT2D eigenvalue weighted by molar-refractivity contribution is 0.0954. The Morgan fingerprint density at radius 3 is 2.48 bits per heavy atom. The molecular formula is C21H30N4O2. The van der Waals surface area contributed by atoms with E-state index in [9.17, 15) is 4.79 Å². The van der Waals surface area contributed by atoms with Gasteiger partial charge in [-0.15, -0.1) is 0 Å². The molecule has 6 heteroatoms. The quantitative estimate of drug-likeness (QED) is 0.807. The molecule has 0 aliphatic carbocycles. The second-order valence-electron chi connectivity index (χ2n) is 7.60. The minimum absolute atomic E-state index is 0.0658. The van der Waals surface area contributed by atoms with Crippen LogP contribution in [0, 0.1) is 0 Å². The zero-order chi connectivity index (χ0) is 19.1. The molecule has 1 amide bonds. The maximum atomic E-state index is 12.3. The Kier molecular flexibility index (Phi) is 6.98. The van der Waals surface area contributed by atoms with Gasteiger partial charge in [0, 0.05) is 31.0 Å². The molecule has 3 rings (SSSR count). The summed E-state index contributed by atoms with van der Waals surface area (Å²) in [5.74, 6) is 1.42. The summed E-state index contributed by atoms with van der Waals surface area (Å²) in [6.07, 6.45) is 5.84. The fourth-order valence-electron chi connectivity index (χ4n) is 3.31. The van der Waals surface area contributed by atoms with Gasteiger partial charge in [0.25, 0.3) is 5.91 Å². The topological polar surface area (TPSA) is 71.3 Å². The fourth-order valence-corrected chi connectivity index (χ4v) is 3.31. The third kappa shape index (κ3) is 5.89. The van der Waals surface area contributed by atoms with Crippen LogP contribution in [0.1, 0.15) is 73.1 Å². The van der Waals surface area contributed by atoms with Gasteiger partial charge in [-0.1, -0.05) is 44.0 Å². The summed E-state index contributed by atoms with van der Waals surface area (Å²) in [6.45, 7) is 7.84. The molecular weight excluding hydrogens is 340 g/mol. The van der Waals surface area contributed by atoms with E-state index in [0.29, 0.717) is 30.2 Å². The number of amides is 1. The molecule has 1 aromatic heterocycles. The van der Waals surface area contributed by atoms with Crippen LogP contribution in [0.4, 0.5) is 0 Å². The number of benzene rings is 1. The molecule has 6 nitrogen and oxygen atoms in total. The van der Waals surface area contributed by atoms with Crippen molar-refractivity contribution in [3.8, 4) is 0 Å². The Balaban J connectivity index is 1.45. The van der Waals surface area contributed by atoms with E-state index in [-0.39, 0.29) is 11.8 Å². The first kappa shape index (κ1) is 19.5. The molecule has 1 aromatic carbocycles. The first-order valence-electron chi connectivity index (χ1n) is 10.0. The van der Waals surface area contributed by atoms with Gasteiger partial charge in [-0.05, 0) is 43.6 Å². The van der Waals surface area contributed by atoms with Gasteiger partial charge in [-0.3, -0.25) is 9.69 Å². The van der Waals surface area contributed by atoms with Gasteiger partial charge >= 0.3 is 0 Å². The van der Waals surface area contributed by atoms with Gasteiger partial charge in [0.15, 0.2) is 5.82 Å². The van der Waals surface area contributed by atoms with Crippen molar-refractivity contribution >= 4 is 5.91 Å². The average Bonchev–Trinajstić information content (AvgIpc) is 2.99. The Morgan fingerprint density at radius 2 is 1.85 bits per heavy atom. The van der Waals surface area contributed by atoms with Gasteiger partial charge in [0.2, 0.25) is 5.89 Å². The van der Waals surface area contributed by atoms with Gasteiger partial charge in [0.1, 0.15) is 0 Å². The number of hydrogen-bond acceptors (Lipinski definition) is 5. The lowest BCUT2D eigenvalue weighted by Crippen LogP contribution is -2.26. The van der Waals surface area contributed by atoms with E-state index in [0.717, 1.165) is 6.54 Å². The highest BCUT2D eigenvalue weighted by molar-refractivity contribution is 5.94. The number of nitrogens with one attached hydrogen (secondary N) is 1. The Morgan fingerprint density at radius 1 is 1.15 bits per heavy atom. The van der Waals surface area contributed by atoms with Crippen LogP contribution in [-0.2, 0) is 13.0 Å². The maximum Gasteiger partial charge on any atom is 0.251 e. The number of carbonyl (C=O) groups excluding carboxylic acids is 1. The first-order valence-corrected chi connectivity index (χ1v) is 10.0. The normalized spacial score (nSPS) is 15.7. The number of hydrogen-bond donors (Lipinski definition) is 1. The zero-order valence-corrected chi connectivity index (χ0v) is 16.4. The smallest absolute Gasteiger partial charge is 0.251 e. The molecule has 27 heavy (non-hydrogen) atoms. The minimum atomic E-state index is -0.0658. The summed E-state index contributed by atoms with van der Waals surface area (Å²) in [5, 5.41) is 6.86. The largest absolute Gasteiger partial charge is 0.352 e. The third-order valence-corrected chi connectivity index (χ3v) is 4.93. The maximum absolute atomic E-state index is 12.3. The SMILES string of the molecule is CC(C)c1nc(CCNC(=O)c2ccc(CN3CCCCCC3)cc2)no1. The van der Waals surface area contributed by atoms with Crippen LogP contribution in [0.15, 0.2) is 28.8 Å². The number of aromatic nitrogens is 2. The first-order chi connectivity index (χ1) is 13.1. The van der Waals surface area contributed by atoms with Crippen molar-refractivity contribution in [1.82, 2.24) is 20.4 Å². The summed E-state index contributed by atoms with van der Waals surface area (Å²) in [6, 6.07) is 7.95. The van der Waals surface area contributed by atoms with Gasteiger partial charge in [0.05, 0.1) is 0 Å². The molecule has 0 unspecified atom stereocenters. The molecule has 2 heterocycles. The molecule has 0 radical (unpaired) electrons. The van der Waals surface area contributed by atoms with Gasteiger partial charge in [-0.25, -0.2) is 0 Å². The molecule has 1 aliphatic rings. The van der Waals surface area contributed by atoms with E-state index in [2.05, 4.69) is 32.5 Å². The lowest BCUT2D eigenvalue weighted by atomic mass is 10.1. The third-order valence-electron chi connectivity index (χ3n) is 4.93. The van der Waals surface area contributed by atoms with Gasteiger partial charge < -0.3 is 9.84 Å². The zero-order valence-electron chi connectivity index (χ0n) is 16.4. The highest BCUT2D eigenvalue weighted by Crippen LogP contribution is 2.14. The molecule has 1 aliphatic heterocycles.